The molecule has 2 fully saturated rings. The summed E-state index contributed by atoms with van der Waals surface area (Å²) in [6.45, 7) is 6.73. The molecule has 0 aromatic heterocycles. The maximum atomic E-state index is 12.9. The number of hydrogen-bond acceptors (Lipinski definition) is 4. The Kier molecular flexibility index (Phi) is 7.21. The van der Waals surface area contributed by atoms with Crippen LogP contribution in [0.1, 0.15) is 39.5 Å². The second-order valence-corrected chi connectivity index (χ2v) is 7.79. The maximum absolute atomic E-state index is 12.9. The number of hydrogen-bond donors (Lipinski definition) is 1. The fraction of sp³-hybridized carbons (Fsp3) is 0.882. The third-order valence-electron chi connectivity index (χ3n) is 5.21. The molecule has 0 spiro atoms. The summed E-state index contributed by atoms with van der Waals surface area (Å²) in [6, 6.07) is -0.240. The molecule has 2 aliphatic rings. The number of amides is 2. The summed E-state index contributed by atoms with van der Waals surface area (Å²) in [7, 11) is 1.99. The number of carbonyl (C=O) groups is 2. The van der Waals surface area contributed by atoms with Gasteiger partial charge in [-0.2, -0.15) is 0 Å². The third-order valence-corrected chi connectivity index (χ3v) is 6.23. The van der Waals surface area contributed by atoms with Crippen LogP contribution in [0.15, 0.2) is 0 Å². The van der Waals surface area contributed by atoms with Gasteiger partial charge in [0, 0.05) is 24.8 Å². The van der Waals surface area contributed by atoms with E-state index >= 15 is 0 Å². The quantitative estimate of drug-likeness (QED) is 0.800. The smallest absolute Gasteiger partial charge is 0.246 e. The average Bonchev–Trinajstić information content (AvgIpc) is 3.08. The zero-order valence-electron chi connectivity index (χ0n) is 14.7. The highest BCUT2D eigenvalue weighted by Crippen LogP contribution is 2.27. The largest absolute Gasteiger partial charge is 0.341 e. The number of nitrogens with one attached hydrogen (secondary N) is 1. The van der Waals surface area contributed by atoms with Gasteiger partial charge in [0.25, 0.3) is 0 Å². The Labute approximate surface area is 144 Å². The maximum Gasteiger partial charge on any atom is 0.246 e. The van der Waals surface area contributed by atoms with E-state index in [2.05, 4.69) is 5.32 Å². The zero-order valence-corrected chi connectivity index (χ0v) is 15.5. The molecule has 2 unspecified atom stereocenters. The average molecular weight is 342 g/mol. The molecule has 0 aromatic rings. The predicted molar refractivity (Wildman–Crippen MR) is 95.3 cm³/mol. The molecule has 2 rings (SSSR count). The zero-order chi connectivity index (χ0) is 16.8. The number of likely N-dealkylation sites (tertiary alicyclic amines) is 1. The van der Waals surface area contributed by atoms with E-state index in [9.17, 15) is 9.59 Å². The van der Waals surface area contributed by atoms with Crippen LogP contribution in [0.3, 0.4) is 0 Å². The number of rotatable bonds is 6. The van der Waals surface area contributed by atoms with E-state index in [1.54, 1.807) is 11.8 Å². The van der Waals surface area contributed by atoms with Crippen molar-refractivity contribution in [2.24, 2.45) is 11.8 Å². The molecule has 1 N–H and O–H groups in total. The van der Waals surface area contributed by atoms with Crippen molar-refractivity contribution < 1.29 is 9.59 Å². The van der Waals surface area contributed by atoms with Crippen molar-refractivity contribution in [3.8, 4) is 0 Å². The topological polar surface area (TPSA) is 52.7 Å². The van der Waals surface area contributed by atoms with Crippen LogP contribution in [0, 0.1) is 11.8 Å². The van der Waals surface area contributed by atoms with Crippen LogP contribution in [0.4, 0.5) is 0 Å². The molecule has 0 aliphatic carbocycles. The standard InChI is InChI=1S/C17H31N3O2S/c1-4-13(2)16(21)20-12-23-11-15(20)17(22)19-9-6-14(7-10-19)5-8-18-3/h13-15,18H,4-12H2,1-3H3. The first kappa shape index (κ1) is 18.6. The summed E-state index contributed by atoms with van der Waals surface area (Å²) >= 11 is 1.70. The lowest BCUT2D eigenvalue weighted by Crippen LogP contribution is -2.52. The monoisotopic (exact) mass is 341 g/mol. The highest BCUT2D eigenvalue weighted by Gasteiger charge is 2.38. The van der Waals surface area contributed by atoms with Gasteiger partial charge in [-0.15, -0.1) is 11.8 Å². The van der Waals surface area contributed by atoms with Gasteiger partial charge in [0.2, 0.25) is 11.8 Å². The normalized spacial score (nSPS) is 24.0. The van der Waals surface area contributed by atoms with Crippen molar-refractivity contribution in [2.45, 2.75) is 45.6 Å². The molecule has 2 atom stereocenters. The van der Waals surface area contributed by atoms with Crippen LogP contribution in [-0.4, -0.2) is 66.0 Å². The van der Waals surface area contributed by atoms with E-state index < -0.39 is 0 Å². The summed E-state index contributed by atoms with van der Waals surface area (Å²) in [5.41, 5.74) is 0. The van der Waals surface area contributed by atoms with Crippen LogP contribution in [0.25, 0.3) is 0 Å². The lowest BCUT2D eigenvalue weighted by atomic mass is 9.93. The van der Waals surface area contributed by atoms with Gasteiger partial charge in [-0.25, -0.2) is 0 Å². The summed E-state index contributed by atoms with van der Waals surface area (Å²) in [4.78, 5) is 29.1. The Balaban J connectivity index is 1.89. The summed E-state index contributed by atoms with van der Waals surface area (Å²) in [5.74, 6) is 2.45. The van der Waals surface area contributed by atoms with Crippen molar-refractivity contribution in [1.82, 2.24) is 15.1 Å². The Morgan fingerprint density at radius 2 is 2.00 bits per heavy atom. The van der Waals surface area contributed by atoms with Gasteiger partial charge < -0.3 is 15.1 Å². The Bertz CT molecular complexity index is 411. The molecule has 0 saturated carbocycles. The molecule has 0 radical (unpaired) electrons. The van der Waals surface area contributed by atoms with Crippen molar-refractivity contribution in [3.63, 3.8) is 0 Å². The second kappa shape index (κ2) is 8.92. The van der Waals surface area contributed by atoms with E-state index in [0.29, 0.717) is 5.88 Å². The van der Waals surface area contributed by atoms with E-state index in [-0.39, 0.29) is 23.8 Å². The number of piperidine rings is 1. The number of nitrogens with zero attached hydrogens (tertiary/aromatic N) is 2. The van der Waals surface area contributed by atoms with Crippen molar-refractivity contribution in [2.75, 3.05) is 38.3 Å². The van der Waals surface area contributed by atoms with E-state index in [4.69, 9.17) is 0 Å². The molecule has 0 aromatic carbocycles. The molecule has 2 amide bonds. The molecule has 2 aliphatic heterocycles. The SMILES string of the molecule is CCC(C)C(=O)N1CSCC1C(=O)N1CCC(CCNC)CC1. The van der Waals surface area contributed by atoms with Gasteiger partial charge in [0.05, 0.1) is 5.88 Å². The first-order chi connectivity index (χ1) is 11.1. The van der Waals surface area contributed by atoms with Crippen LogP contribution in [-0.2, 0) is 9.59 Å². The molecule has 23 heavy (non-hydrogen) atoms. The van der Waals surface area contributed by atoms with E-state index in [1.807, 2.05) is 30.7 Å². The summed E-state index contributed by atoms with van der Waals surface area (Å²) < 4.78 is 0. The van der Waals surface area contributed by atoms with Crippen molar-refractivity contribution in [1.29, 1.82) is 0 Å². The predicted octanol–water partition coefficient (Wildman–Crippen LogP) is 1.78. The molecule has 6 heteroatoms. The van der Waals surface area contributed by atoms with Crippen molar-refractivity contribution >= 4 is 23.6 Å². The lowest BCUT2D eigenvalue weighted by molar-refractivity contribution is -0.146. The molecular weight excluding hydrogens is 310 g/mol. The highest BCUT2D eigenvalue weighted by molar-refractivity contribution is 7.99. The molecule has 2 saturated heterocycles. The lowest BCUT2D eigenvalue weighted by Gasteiger charge is -2.35. The Hall–Kier alpha value is -0.750. The minimum atomic E-state index is -0.240. The fourth-order valence-corrected chi connectivity index (χ4v) is 4.48. The van der Waals surface area contributed by atoms with Crippen molar-refractivity contribution in [3.05, 3.63) is 0 Å². The molecule has 2 heterocycles. The van der Waals surface area contributed by atoms with Gasteiger partial charge in [0.15, 0.2) is 0 Å². The second-order valence-electron chi connectivity index (χ2n) is 6.79. The van der Waals surface area contributed by atoms with Crippen LogP contribution < -0.4 is 5.32 Å². The molecule has 5 nitrogen and oxygen atoms in total. The highest BCUT2D eigenvalue weighted by atomic mass is 32.2. The first-order valence-corrected chi connectivity index (χ1v) is 10.1. The summed E-state index contributed by atoms with van der Waals surface area (Å²) in [5, 5.41) is 3.20. The molecule has 132 valence electrons. The molecular formula is C17H31N3O2S. The number of thioether (sulfide) groups is 1. The molecule has 0 bridgehead atoms. The van der Waals surface area contributed by atoms with E-state index in [0.717, 1.165) is 50.6 Å². The number of carbonyl (C=O) groups excluding carboxylic acids is 2. The first-order valence-electron chi connectivity index (χ1n) is 8.90. The Morgan fingerprint density at radius 3 is 2.61 bits per heavy atom. The fourth-order valence-electron chi connectivity index (χ4n) is 3.32. The van der Waals surface area contributed by atoms with Gasteiger partial charge in [-0.05, 0) is 45.2 Å². The van der Waals surface area contributed by atoms with Gasteiger partial charge in [-0.3, -0.25) is 9.59 Å². The minimum Gasteiger partial charge on any atom is -0.341 e. The van der Waals surface area contributed by atoms with Gasteiger partial charge in [-0.1, -0.05) is 13.8 Å². The summed E-state index contributed by atoms with van der Waals surface area (Å²) in [6.07, 6.45) is 4.20. The minimum absolute atomic E-state index is 0.0104. The van der Waals surface area contributed by atoms with E-state index in [1.165, 1.54) is 6.42 Å². The van der Waals surface area contributed by atoms with Crippen LogP contribution in [0.2, 0.25) is 0 Å². The van der Waals surface area contributed by atoms with Crippen LogP contribution in [0.5, 0.6) is 0 Å². The third kappa shape index (κ3) is 4.63. The van der Waals surface area contributed by atoms with Gasteiger partial charge >= 0.3 is 0 Å². The Morgan fingerprint density at radius 1 is 1.30 bits per heavy atom. The van der Waals surface area contributed by atoms with Crippen LogP contribution >= 0.6 is 11.8 Å². The van der Waals surface area contributed by atoms with Gasteiger partial charge in [0.1, 0.15) is 6.04 Å².